The van der Waals surface area contributed by atoms with Gasteiger partial charge in [0, 0.05) is 4.47 Å². The number of phenolic OH excluding ortho intramolecular Hbond substituents is 1. The van der Waals surface area contributed by atoms with Gasteiger partial charge in [-0.1, -0.05) is 22.0 Å². The number of rotatable bonds is 4. The van der Waals surface area contributed by atoms with Crippen molar-refractivity contribution in [2.45, 2.75) is 6.61 Å². The van der Waals surface area contributed by atoms with Crippen LogP contribution in [-0.4, -0.2) is 12.2 Å². The Morgan fingerprint density at radius 2 is 1.83 bits per heavy atom. The quantitative estimate of drug-likeness (QED) is 0.935. The SMILES string of the molecule is COc1cc(COc2ccc(Br)cc2)ccc1O. The summed E-state index contributed by atoms with van der Waals surface area (Å²) >= 11 is 3.37. The maximum absolute atomic E-state index is 9.48. The lowest BCUT2D eigenvalue weighted by Gasteiger charge is -2.08. The Labute approximate surface area is 114 Å². The molecule has 0 bridgehead atoms. The van der Waals surface area contributed by atoms with Crippen molar-refractivity contribution in [2.24, 2.45) is 0 Å². The maximum atomic E-state index is 9.48. The number of benzene rings is 2. The van der Waals surface area contributed by atoms with Gasteiger partial charge in [-0.05, 0) is 42.0 Å². The molecule has 0 saturated heterocycles. The molecule has 0 aliphatic rings. The monoisotopic (exact) mass is 308 g/mol. The van der Waals surface area contributed by atoms with Gasteiger partial charge in [-0.2, -0.15) is 0 Å². The number of aromatic hydroxyl groups is 1. The summed E-state index contributed by atoms with van der Waals surface area (Å²) in [5, 5.41) is 9.48. The van der Waals surface area contributed by atoms with Gasteiger partial charge in [-0.3, -0.25) is 0 Å². The lowest BCUT2D eigenvalue weighted by atomic mass is 10.2. The molecule has 2 aromatic carbocycles. The van der Waals surface area contributed by atoms with E-state index in [4.69, 9.17) is 9.47 Å². The minimum Gasteiger partial charge on any atom is -0.504 e. The summed E-state index contributed by atoms with van der Waals surface area (Å²) in [7, 11) is 1.52. The first-order valence-corrected chi connectivity index (χ1v) is 6.22. The molecule has 0 spiro atoms. The van der Waals surface area contributed by atoms with Crippen LogP contribution in [0.5, 0.6) is 17.2 Å². The van der Waals surface area contributed by atoms with Crippen molar-refractivity contribution < 1.29 is 14.6 Å². The van der Waals surface area contributed by atoms with Crippen molar-refractivity contribution in [2.75, 3.05) is 7.11 Å². The predicted molar refractivity (Wildman–Crippen MR) is 73.1 cm³/mol. The molecular formula is C14H13BrO3. The Balaban J connectivity index is 2.04. The number of hydrogen-bond acceptors (Lipinski definition) is 3. The van der Waals surface area contributed by atoms with Crippen molar-refractivity contribution in [1.82, 2.24) is 0 Å². The minimum atomic E-state index is 0.130. The summed E-state index contributed by atoms with van der Waals surface area (Å²) < 4.78 is 11.7. The molecule has 0 fully saturated rings. The minimum absolute atomic E-state index is 0.130. The molecule has 2 rings (SSSR count). The van der Waals surface area contributed by atoms with Crippen molar-refractivity contribution in [3.63, 3.8) is 0 Å². The maximum Gasteiger partial charge on any atom is 0.160 e. The van der Waals surface area contributed by atoms with E-state index in [1.54, 1.807) is 18.2 Å². The van der Waals surface area contributed by atoms with Crippen LogP contribution in [-0.2, 0) is 6.61 Å². The van der Waals surface area contributed by atoms with Crippen LogP contribution in [0.25, 0.3) is 0 Å². The van der Waals surface area contributed by atoms with Gasteiger partial charge in [-0.25, -0.2) is 0 Å². The van der Waals surface area contributed by atoms with E-state index in [9.17, 15) is 5.11 Å². The van der Waals surface area contributed by atoms with Crippen molar-refractivity contribution in [3.05, 3.63) is 52.5 Å². The van der Waals surface area contributed by atoms with Crippen LogP contribution in [0.2, 0.25) is 0 Å². The molecule has 0 aliphatic carbocycles. The fourth-order valence-electron chi connectivity index (χ4n) is 1.51. The first-order valence-electron chi connectivity index (χ1n) is 5.43. The second-order valence-electron chi connectivity index (χ2n) is 3.75. The average Bonchev–Trinajstić information content (AvgIpc) is 2.39. The van der Waals surface area contributed by atoms with Gasteiger partial charge in [0.15, 0.2) is 11.5 Å². The van der Waals surface area contributed by atoms with Crippen molar-refractivity contribution >= 4 is 15.9 Å². The molecule has 0 radical (unpaired) electrons. The van der Waals surface area contributed by atoms with Gasteiger partial charge in [-0.15, -0.1) is 0 Å². The molecule has 0 aromatic heterocycles. The van der Waals surface area contributed by atoms with E-state index >= 15 is 0 Å². The topological polar surface area (TPSA) is 38.7 Å². The molecule has 18 heavy (non-hydrogen) atoms. The molecule has 0 unspecified atom stereocenters. The third kappa shape index (κ3) is 3.17. The van der Waals surface area contributed by atoms with Gasteiger partial charge < -0.3 is 14.6 Å². The highest BCUT2D eigenvalue weighted by atomic mass is 79.9. The van der Waals surface area contributed by atoms with E-state index in [2.05, 4.69) is 15.9 Å². The van der Waals surface area contributed by atoms with E-state index < -0.39 is 0 Å². The highest BCUT2D eigenvalue weighted by Crippen LogP contribution is 2.27. The zero-order chi connectivity index (χ0) is 13.0. The number of methoxy groups -OCH3 is 1. The van der Waals surface area contributed by atoms with Crippen LogP contribution in [0.3, 0.4) is 0 Å². The van der Waals surface area contributed by atoms with Gasteiger partial charge in [0.2, 0.25) is 0 Å². The summed E-state index contributed by atoms with van der Waals surface area (Å²) in [6, 6.07) is 12.8. The fourth-order valence-corrected chi connectivity index (χ4v) is 1.77. The first kappa shape index (κ1) is 12.8. The van der Waals surface area contributed by atoms with E-state index in [0.717, 1.165) is 15.8 Å². The summed E-state index contributed by atoms with van der Waals surface area (Å²) in [5.74, 6) is 1.38. The van der Waals surface area contributed by atoms with Crippen molar-refractivity contribution in [3.8, 4) is 17.2 Å². The third-order valence-electron chi connectivity index (χ3n) is 2.46. The molecule has 1 N–H and O–H groups in total. The normalized spacial score (nSPS) is 10.1. The second kappa shape index (κ2) is 5.78. The highest BCUT2D eigenvalue weighted by molar-refractivity contribution is 9.10. The number of phenols is 1. The van der Waals surface area contributed by atoms with Crippen LogP contribution in [0.1, 0.15) is 5.56 Å². The average molecular weight is 309 g/mol. The number of ether oxygens (including phenoxy) is 2. The van der Waals surface area contributed by atoms with Crippen LogP contribution < -0.4 is 9.47 Å². The zero-order valence-corrected chi connectivity index (χ0v) is 11.5. The third-order valence-corrected chi connectivity index (χ3v) is 2.99. The molecule has 0 amide bonds. The standard InChI is InChI=1S/C14H13BrO3/c1-17-14-8-10(2-7-13(14)16)9-18-12-5-3-11(15)4-6-12/h2-8,16H,9H2,1H3. The Bertz CT molecular complexity index is 523. The lowest BCUT2D eigenvalue weighted by Crippen LogP contribution is -1.96. The number of halogens is 1. The van der Waals surface area contributed by atoms with Gasteiger partial charge >= 0.3 is 0 Å². The largest absolute Gasteiger partial charge is 0.504 e. The lowest BCUT2D eigenvalue weighted by molar-refractivity contribution is 0.304. The van der Waals surface area contributed by atoms with Crippen LogP contribution in [0.4, 0.5) is 0 Å². The summed E-state index contributed by atoms with van der Waals surface area (Å²) in [6.07, 6.45) is 0. The van der Waals surface area contributed by atoms with Gasteiger partial charge in [0.1, 0.15) is 12.4 Å². The van der Waals surface area contributed by atoms with Crippen molar-refractivity contribution in [1.29, 1.82) is 0 Å². The van der Waals surface area contributed by atoms with Gasteiger partial charge in [0.25, 0.3) is 0 Å². The molecule has 0 aliphatic heterocycles. The first-order chi connectivity index (χ1) is 8.69. The summed E-state index contributed by atoms with van der Waals surface area (Å²) in [4.78, 5) is 0. The smallest absolute Gasteiger partial charge is 0.160 e. The predicted octanol–water partition coefficient (Wildman–Crippen LogP) is 3.74. The Hall–Kier alpha value is -1.68. The molecule has 0 atom stereocenters. The Morgan fingerprint density at radius 1 is 1.11 bits per heavy atom. The highest BCUT2D eigenvalue weighted by Gasteiger charge is 2.03. The zero-order valence-electron chi connectivity index (χ0n) is 9.89. The van der Waals surface area contributed by atoms with Crippen LogP contribution in [0.15, 0.2) is 46.9 Å². The van der Waals surface area contributed by atoms with E-state index in [1.807, 2.05) is 24.3 Å². The molecule has 94 valence electrons. The second-order valence-corrected chi connectivity index (χ2v) is 4.66. The number of hydrogen-bond donors (Lipinski definition) is 1. The molecule has 3 nitrogen and oxygen atoms in total. The summed E-state index contributed by atoms with van der Waals surface area (Å²) in [5.41, 5.74) is 0.938. The molecule has 4 heteroatoms. The fraction of sp³-hybridized carbons (Fsp3) is 0.143. The van der Waals surface area contributed by atoms with Gasteiger partial charge in [0.05, 0.1) is 7.11 Å². The molecule has 2 aromatic rings. The molecular weight excluding hydrogens is 296 g/mol. The summed E-state index contributed by atoms with van der Waals surface area (Å²) in [6.45, 7) is 0.429. The van der Waals surface area contributed by atoms with Crippen LogP contribution in [0, 0.1) is 0 Å². The van der Waals surface area contributed by atoms with Crippen LogP contribution >= 0.6 is 15.9 Å². The molecule has 0 saturated carbocycles. The Kier molecular flexibility index (Phi) is 4.10. The van der Waals surface area contributed by atoms with E-state index in [-0.39, 0.29) is 5.75 Å². The van der Waals surface area contributed by atoms with E-state index in [1.165, 1.54) is 7.11 Å². The Morgan fingerprint density at radius 3 is 2.50 bits per heavy atom. The van der Waals surface area contributed by atoms with E-state index in [0.29, 0.717) is 12.4 Å². The molecule has 0 heterocycles.